The molecular weight excluding hydrogens is 314 g/mol. The molecular formula is C21H29NO3. The van der Waals surface area contributed by atoms with Crippen molar-refractivity contribution < 1.29 is 14.7 Å². The third kappa shape index (κ3) is 5.35. The SMILES string of the molecule is C#CCN(C(=O)c1ccccc1C)C(C(=O)O)C1CCCCC1.CC. The Bertz CT molecular complexity index is 612. The van der Waals surface area contributed by atoms with Gasteiger partial charge in [0.2, 0.25) is 0 Å². The third-order valence-corrected chi connectivity index (χ3v) is 4.58. The zero-order valence-corrected chi connectivity index (χ0v) is 15.5. The van der Waals surface area contributed by atoms with Gasteiger partial charge < -0.3 is 10.0 Å². The van der Waals surface area contributed by atoms with Gasteiger partial charge in [-0.3, -0.25) is 4.79 Å². The number of carboxylic acids is 1. The number of terminal acetylenes is 1. The fraction of sp³-hybridized carbons (Fsp3) is 0.524. The number of hydrogen-bond donors (Lipinski definition) is 1. The van der Waals surface area contributed by atoms with Crippen LogP contribution in [0, 0.1) is 25.2 Å². The van der Waals surface area contributed by atoms with Crippen LogP contribution < -0.4 is 0 Å². The molecule has 1 amide bonds. The highest BCUT2D eigenvalue weighted by Crippen LogP contribution is 2.30. The van der Waals surface area contributed by atoms with Crippen molar-refractivity contribution in [1.82, 2.24) is 4.90 Å². The molecule has 4 heteroatoms. The van der Waals surface area contributed by atoms with Gasteiger partial charge in [0.15, 0.2) is 0 Å². The average Bonchev–Trinajstić information content (AvgIpc) is 2.63. The lowest BCUT2D eigenvalue weighted by Gasteiger charge is -2.35. The molecule has 1 aliphatic rings. The Labute approximate surface area is 151 Å². The first kappa shape index (κ1) is 20.8. The van der Waals surface area contributed by atoms with Gasteiger partial charge in [-0.1, -0.05) is 57.2 Å². The fourth-order valence-corrected chi connectivity index (χ4v) is 3.40. The minimum atomic E-state index is -0.964. The molecule has 1 atom stereocenters. The summed E-state index contributed by atoms with van der Waals surface area (Å²) < 4.78 is 0. The van der Waals surface area contributed by atoms with Crippen LogP contribution in [0.25, 0.3) is 0 Å². The molecule has 1 N–H and O–H groups in total. The summed E-state index contributed by atoms with van der Waals surface area (Å²) >= 11 is 0. The Morgan fingerprint density at radius 3 is 2.36 bits per heavy atom. The highest BCUT2D eigenvalue weighted by atomic mass is 16.4. The molecule has 0 bridgehead atoms. The van der Waals surface area contributed by atoms with Crippen molar-refractivity contribution in [1.29, 1.82) is 0 Å². The van der Waals surface area contributed by atoms with E-state index in [1.165, 1.54) is 4.90 Å². The zero-order chi connectivity index (χ0) is 18.8. The van der Waals surface area contributed by atoms with E-state index in [9.17, 15) is 14.7 Å². The van der Waals surface area contributed by atoms with Crippen LogP contribution in [0.2, 0.25) is 0 Å². The van der Waals surface area contributed by atoms with Gasteiger partial charge in [0.05, 0.1) is 6.54 Å². The highest BCUT2D eigenvalue weighted by molar-refractivity contribution is 5.98. The fourth-order valence-electron chi connectivity index (χ4n) is 3.40. The summed E-state index contributed by atoms with van der Waals surface area (Å²) in [6, 6.07) is 6.36. The lowest BCUT2D eigenvalue weighted by Crippen LogP contribution is -2.50. The van der Waals surface area contributed by atoms with Crippen LogP contribution in [0.5, 0.6) is 0 Å². The van der Waals surface area contributed by atoms with E-state index in [4.69, 9.17) is 6.42 Å². The van der Waals surface area contributed by atoms with E-state index in [1.807, 2.05) is 32.9 Å². The number of rotatable bonds is 5. The number of nitrogens with zero attached hydrogens (tertiary/aromatic N) is 1. The van der Waals surface area contributed by atoms with E-state index in [2.05, 4.69) is 5.92 Å². The Kier molecular flexibility index (Phi) is 8.77. The minimum absolute atomic E-state index is 0.0145. The molecule has 0 aliphatic heterocycles. The molecule has 4 nitrogen and oxygen atoms in total. The number of carbonyl (C=O) groups is 2. The smallest absolute Gasteiger partial charge is 0.326 e. The summed E-state index contributed by atoms with van der Waals surface area (Å²) in [7, 11) is 0. The molecule has 1 aliphatic carbocycles. The van der Waals surface area contributed by atoms with Gasteiger partial charge in [-0.15, -0.1) is 6.42 Å². The molecule has 1 aromatic rings. The number of carbonyl (C=O) groups excluding carboxylic acids is 1. The molecule has 1 unspecified atom stereocenters. The van der Waals surface area contributed by atoms with E-state index in [0.29, 0.717) is 5.56 Å². The van der Waals surface area contributed by atoms with Crippen molar-refractivity contribution in [3.63, 3.8) is 0 Å². The van der Waals surface area contributed by atoms with Gasteiger partial charge in [0.25, 0.3) is 5.91 Å². The van der Waals surface area contributed by atoms with Crippen molar-refractivity contribution in [2.75, 3.05) is 6.54 Å². The van der Waals surface area contributed by atoms with Crippen molar-refractivity contribution in [2.45, 2.75) is 58.9 Å². The second-order valence-electron chi connectivity index (χ2n) is 6.13. The maximum atomic E-state index is 12.9. The van der Waals surface area contributed by atoms with Crippen LogP contribution in [0.15, 0.2) is 24.3 Å². The Morgan fingerprint density at radius 2 is 1.84 bits per heavy atom. The molecule has 0 aromatic heterocycles. The molecule has 1 fully saturated rings. The molecule has 136 valence electrons. The Morgan fingerprint density at radius 1 is 1.24 bits per heavy atom. The molecule has 2 rings (SSSR count). The van der Waals surface area contributed by atoms with Crippen molar-refractivity contribution in [3.05, 3.63) is 35.4 Å². The number of amides is 1. The zero-order valence-electron chi connectivity index (χ0n) is 15.5. The molecule has 0 radical (unpaired) electrons. The summed E-state index contributed by atoms with van der Waals surface area (Å²) in [5.74, 6) is 1.17. The standard InChI is InChI=1S/C19H23NO3.C2H6/c1-3-13-20(18(21)16-12-8-7-9-14(16)2)17(19(22)23)15-10-5-4-6-11-15;1-2/h1,7-9,12,15,17H,4-6,10-11,13H2,2H3,(H,22,23);1-2H3. The molecule has 1 saturated carbocycles. The lowest BCUT2D eigenvalue weighted by atomic mass is 9.83. The first-order chi connectivity index (χ1) is 12.1. The maximum Gasteiger partial charge on any atom is 0.326 e. The molecule has 0 heterocycles. The van der Waals surface area contributed by atoms with Gasteiger partial charge in [0.1, 0.15) is 6.04 Å². The summed E-state index contributed by atoms with van der Waals surface area (Å²) in [5.41, 5.74) is 1.34. The van der Waals surface area contributed by atoms with E-state index >= 15 is 0 Å². The van der Waals surface area contributed by atoms with Crippen LogP contribution in [0.3, 0.4) is 0 Å². The number of benzene rings is 1. The number of aryl methyl sites for hydroxylation is 1. The molecule has 25 heavy (non-hydrogen) atoms. The van der Waals surface area contributed by atoms with E-state index in [1.54, 1.807) is 12.1 Å². The molecule has 1 aromatic carbocycles. The monoisotopic (exact) mass is 343 g/mol. The summed E-state index contributed by atoms with van der Waals surface area (Å²) in [4.78, 5) is 26.1. The van der Waals surface area contributed by atoms with Crippen LogP contribution in [0.4, 0.5) is 0 Å². The average molecular weight is 343 g/mol. The predicted molar refractivity (Wildman–Crippen MR) is 100 cm³/mol. The highest BCUT2D eigenvalue weighted by Gasteiger charge is 2.37. The van der Waals surface area contributed by atoms with Crippen LogP contribution >= 0.6 is 0 Å². The summed E-state index contributed by atoms with van der Waals surface area (Å²) in [6.45, 7) is 5.86. The largest absolute Gasteiger partial charge is 0.480 e. The molecule has 0 spiro atoms. The Hall–Kier alpha value is -2.28. The number of aliphatic carboxylic acids is 1. The molecule has 0 saturated heterocycles. The van der Waals surface area contributed by atoms with E-state index in [-0.39, 0.29) is 18.4 Å². The quantitative estimate of drug-likeness (QED) is 0.818. The number of carboxylic acid groups (broad SMARTS) is 1. The van der Waals surface area contributed by atoms with Crippen LogP contribution in [-0.2, 0) is 4.79 Å². The summed E-state index contributed by atoms with van der Waals surface area (Å²) in [6.07, 6.45) is 10.2. The lowest BCUT2D eigenvalue weighted by molar-refractivity contribution is -0.144. The maximum absolute atomic E-state index is 12.9. The van der Waals surface area contributed by atoms with Gasteiger partial charge in [-0.2, -0.15) is 0 Å². The first-order valence-corrected chi connectivity index (χ1v) is 9.09. The Balaban J connectivity index is 0.00000151. The van der Waals surface area contributed by atoms with Crippen molar-refractivity contribution >= 4 is 11.9 Å². The predicted octanol–water partition coefficient (Wildman–Crippen LogP) is 4.13. The normalized spacial score (nSPS) is 15.3. The summed E-state index contributed by atoms with van der Waals surface area (Å²) in [5, 5.41) is 9.73. The first-order valence-electron chi connectivity index (χ1n) is 9.09. The van der Waals surface area contributed by atoms with Crippen molar-refractivity contribution in [3.8, 4) is 12.3 Å². The third-order valence-electron chi connectivity index (χ3n) is 4.58. The second-order valence-corrected chi connectivity index (χ2v) is 6.13. The number of hydrogen-bond acceptors (Lipinski definition) is 2. The van der Waals surface area contributed by atoms with Gasteiger partial charge >= 0.3 is 5.97 Å². The van der Waals surface area contributed by atoms with Crippen molar-refractivity contribution in [2.24, 2.45) is 5.92 Å². The van der Waals surface area contributed by atoms with E-state index < -0.39 is 12.0 Å². The minimum Gasteiger partial charge on any atom is -0.480 e. The second kappa shape index (κ2) is 10.6. The van der Waals surface area contributed by atoms with Crippen LogP contribution in [0.1, 0.15) is 61.9 Å². The van der Waals surface area contributed by atoms with Gasteiger partial charge in [-0.05, 0) is 37.3 Å². The van der Waals surface area contributed by atoms with Crippen LogP contribution in [-0.4, -0.2) is 34.5 Å². The van der Waals surface area contributed by atoms with Gasteiger partial charge in [0, 0.05) is 5.56 Å². The van der Waals surface area contributed by atoms with Gasteiger partial charge in [-0.25, -0.2) is 4.79 Å². The van der Waals surface area contributed by atoms with E-state index in [0.717, 1.165) is 37.7 Å². The topological polar surface area (TPSA) is 57.6 Å².